The third-order valence-corrected chi connectivity index (χ3v) is 9.12. The fourth-order valence-electron chi connectivity index (χ4n) is 5.62. The van der Waals surface area contributed by atoms with Crippen LogP contribution in [0.5, 0.6) is 0 Å². The maximum Gasteiger partial charge on any atom is 0.306 e. The van der Waals surface area contributed by atoms with Crippen molar-refractivity contribution in [3.8, 4) is 0 Å². The van der Waals surface area contributed by atoms with E-state index >= 15 is 0 Å². The van der Waals surface area contributed by atoms with Crippen LogP contribution in [0.4, 0.5) is 0 Å². The molecule has 0 aliphatic rings. The number of ether oxygens (including phenoxy) is 3. The van der Waals surface area contributed by atoms with Crippen LogP contribution in [0.1, 0.15) is 194 Å². The Bertz CT molecular complexity index is 1120. The number of rotatable bonds is 39. The lowest BCUT2D eigenvalue weighted by molar-refractivity contribution is -0.167. The molecule has 0 aliphatic carbocycles. The first-order valence-corrected chi connectivity index (χ1v) is 22.6. The molecule has 0 rings (SSSR count). The van der Waals surface area contributed by atoms with Crippen molar-refractivity contribution >= 4 is 17.9 Å². The second-order valence-corrected chi connectivity index (χ2v) is 14.6. The van der Waals surface area contributed by atoms with Crippen LogP contribution in [0.25, 0.3) is 0 Å². The molecule has 0 N–H and O–H groups in total. The first-order chi connectivity index (χ1) is 27.5. The second kappa shape index (κ2) is 44.3. The molecule has 0 amide bonds. The average Bonchev–Trinajstić information content (AvgIpc) is 3.19. The fraction of sp³-hybridized carbons (Fsp3) is 0.660. The molecule has 0 aliphatic heterocycles. The summed E-state index contributed by atoms with van der Waals surface area (Å²) >= 11 is 0. The van der Waals surface area contributed by atoms with Crippen LogP contribution in [0.3, 0.4) is 0 Å². The van der Waals surface area contributed by atoms with E-state index in [4.69, 9.17) is 14.2 Å². The maximum absolute atomic E-state index is 12.7. The normalized spacial score (nSPS) is 12.8. The van der Waals surface area contributed by atoms with Gasteiger partial charge in [-0.05, 0) is 96.3 Å². The van der Waals surface area contributed by atoms with E-state index < -0.39 is 6.10 Å². The molecule has 0 aromatic heterocycles. The van der Waals surface area contributed by atoms with Crippen LogP contribution >= 0.6 is 0 Å². The summed E-state index contributed by atoms with van der Waals surface area (Å²) in [6.45, 7) is 6.40. The number of carbonyl (C=O) groups excluding carboxylic acids is 3. The van der Waals surface area contributed by atoms with E-state index in [2.05, 4.69) is 106 Å². The van der Waals surface area contributed by atoms with Gasteiger partial charge in [0.1, 0.15) is 13.2 Å². The van der Waals surface area contributed by atoms with E-state index in [9.17, 15) is 14.4 Å². The van der Waals surface area contributed by atoms with Gasteiger partial charge in [0.25, 0.3) is 0 Å². The number of hydrogen-bond donors (Lipinski definition) is 0. The van der Waals surface area contributed by atoms with Gasteiger partial charge in [0.2, 0.25) is 0 Å². The van der Waals surface area contributed by atoms with E-state index in [0.29, 0.717) is 12.8 Å². The van der Waals surface area contributed by atoms with E-state index in [-0.39, 0.29) is 44.0 Å². The predicted molar refractivity (Wildman–Crippen MR) is 237 cm³/mol. The smallest absolute Gasteiger partial charge is 0.306 e. The summed E-state index contributed by atoms with van der Waals surface area (Å²) in [4.78, 5) is 37.6. The Morgan fingerprint density at radius 2 is 0.732 bits per heavy atom. The maximum atomic E-state index is 12.7. The fourth-order valence-corrected chi connectivity index (χ4v) is 5.62. The Kier molecular flexibility index (Phi) is 41.6. The Balaban J connectivity index is 4.51. The van der Waals surface area contributed by atoms with Crippen LogP contribution in [0.2, 0.25) is 0 Å². The third kappa shape index (κ3) is 41.7. The van der Waals surface area contributed by atoms with E-state index in [1.807, 2.05) is 0 Å². The summed E-state index contributed by atoms with van der Waals surface area (Å²) in [6.07, 6.45) is 55.7. The van der Waals surface area contributed by atoms with Crippen LogP contribution in [-0.4, -0.2) is 37.2 Å². The molecule has 0 heterocycles. The Labute approximate surface area is 344 Å². The molecule has 6 heteroatoms. The molecule has 56 heavy (non-hydrogen) atoms. The van der Waals surface area contributed by atoms with Gasteiger partial charge >= 0.3 is 17.9 Å². The van der Waals surface area contributed by atoms with Gasteiger partial charge in [-0.3, -0.25) is 14.4 Å². The highest BCUT2D eigenvalue weighted by molar-refractivity contribution is 5.71. The third-order valence-electron chi connectivity index (χ3n) is 9.12. The quantitative estimate of drug-likeness (QED) is 0.0203. The molecule has 1 atom stereocenters. The molecule has 1 unspecified atom stereocenters. The first-order valence-electron chi connectivity index (χ1n) is 22.6. The zero-order valence-corrected chi connectivity index (χ0v) is 36.1. The van der Waals surface area contributed by atoms with Crippen molar-refractivity contribution in [1.29, 1.82) is 0 Å². The lowest BCUT2D eigenvalue weighted by atomic mass is 10.1. The molecule has 0 aromatic rings. The Morgan fingerprint density at radius 3 is 1.27 bits per heavy atom. The molecule has 0 radical (unpaired) electrons. The topological polar surface area (TPSA) is 78.9 Å². The summed E-state index contributed by atoms with van der Waals surface area (Å²) in [5.41, 5.74) is 0. The van der Waals surface area contributed by atoms with Gasteiger partial charge in [-0.1, -0.05) is 164 Å². The number of unbranched alkanes of at least 4 members (excludes halogenated alkanes) is 15. The minimum Gasteiger partial charge on any atom is -0.462 e. The van der Waals surface area contributed by atoms with Gasteiger partial charge in [-0.25, -0.2) is 0 Å². The van der Waals surface area contributed by atoms with Crippen molar-refractivity contribution in [2.75, 3.05) is 13.2 Å². The minimum absolute atomic E-state index is 0.112. The van der Waals surface area contributed by atoms with Gasteiger partial charge in [0.15, 0.2) is 6.10 Å². The SMILES string of the molecule is CCCC/C=C\C=C/CCCCCC(=O)OC(COC(=O)CCC/C=C\C/C=C\C/C=C\C/C=C\CCCCC)COC(=O)CCCCCC/C=C\CCCC. The zero-order chi connectivity index (χ0) is 40.8. The molecule has 0 saturated carbocycles. The van der Waals surface area contributed by atoms with Crippen LogP contribution in [0.15, 0.2) is 85.1 Å². The molecule has 0 aromatic carbocycles. The highest BCUT2D eigenvalue weighted by Crippen LogP contribution is 2.11. The van der Waals surface area contributed by atoms with Crippen molar-refractivity contribution in [3.63, 3.8) is 0 Å². The summed E-state index contributed by atoms with van der Waals surface area (Å²) in [7, 11) is 0. The van der Waals surface area contributed by atoms with Crippen molar-refractivity contribution in [2.24, 2.45) is 0 Å². The lowest BCUT2D eigenvalue weighted by Crippen LogP contribution is -2.30. The molecule has 0 bridgehead atoms. The summed E-state index contributed by atoms with van der Waals surface area (Å²) in [5.74, 6) is -1.02. The highest BCUT2D eigenvalue weighted by atomic mass is 16.6. The van der Waals surface area contributed by atoms with Gasteiger partial charge in [-0.15, -0.1) is 0 Å². The zero-order valence-electron chi connectivity index (χ0n) is 36.1. The molecular weight excluding hydrogens is 697 g/mol. The summed E-state index contributed by atoms with van der Waals surface area (Å²) < 4.78 is 16.6. The largest absolute Gasteiger partial charge is 0.462 e. The van der Waals surface area contributed by atoms with E-state index in [0.717, 1.165) is 96.3 Å². The van der Waals surface area contributed by atoms with Crippen molar-refractivity contribution < 1.29 is 28.6 Å². The first kappa shape index (κ1) is 52.6. The lowest BCUT2D eigenvalue weighted by Gasteiger charge is -2.18. The van der Waals surface area contributed by atoms with Crippen molar-refractivity contribution in [1.82, 2.24) is 0 Å². The molecule has 0 saturated heterocycles. The van der Waals surface area contributed by atoms with Gasteiger partial charge in [0.05, 0.1) is 0 Å². The number of hydrogen-bond acceptors (Lipinski definition) is 6. The summed E-state index contributed by atoms with van der Waals surface area (Å²) in [5, 5.41) is 0. The number of esters is 3. The predicted octanol–water partition coefficient (Wildman–Crippen LogP) is 14.5. The van der Waals surface area contributed by atoms with Gasteiger partial charge in [-0.2, -0.15) is 0 Å². The molecule has 0 spiro atoms. The minimum atomic E-state index is -0.814. The van der Waals surface area contributed by atoms with Crippen molar-refractivity contribution in [2.45, 2.75) is 200 Å². The standard InChI is InChI=1S/C50H82O6/c1-4-7-10-13-16-19-22-23-24-25-26-27-29-31-34-37-40-43-49(52)55-46-47(45-54-48(51)42-39-36-33-30-21-18-15-12-9-6-3)56-50(53)44-41-38-35-32-28-20-17-14-11-8-5-2/h14-20,23-24,26-28,31,34,47H,4-13,21-22,25,29-30,32-33,35-46H2,1-3H3/b17-14-,18-15-,19-16-,24-23-,27-26-,28-20-,34-31-. The monoisotopic (exact) mass is 779 g/mol. The molecular formula is C50H82O6. The Morgan fingerprint density at radius 1 is 0.375 bits per heavy atom. The van der Waals surface area contributed by atoms with Gasteiger partial charge < -0.3 is 14.2 Å². The summed E-state index contributed by atoms with van der Waals surface area (Å²) in [6, 6.07) is 0. The van der Waals surface area contributed by atoms with Crippen LogP contribution in [0, 0.1) is 0 Å². The average molecular weight is 779 g/mol. The number of carbonyl (C=O) groups is 3. The van der Waals surface area contributed by atoms with Crippen LogP contribution < -0.4 is 0 Å². The Hall–Kier alpha value is -3.41. The van der Waals surface area contributed by atoms with E-state index in [1.54, 1.807) is 0 Å². The highest BCUT2D eigenvalue weighted by Gasteiger charge is 2.19. The van der Waals surface area contributed by atoms with Gasteiger partial charge in [0, 0.05) is 19.3 Å². The number of allylic oxidation sites excluding steroid dienone is 14. The second-order valence-electron chi connectivity index (χ2n) is 14.6. The van der Waals surface area contributed by atoms with Crippen LogP contribution in [-0.2, 0) is 28.6 Å². The molecule has 6 nitrogen and oxygen atoms in total. The molecule has 318 valence electrons. The van der Waals surface area contributed by atoms with Crippen molar-refractivity contribution in [3.05, 3.63) is 85.1 Å². The van der Waals surface area contributed by atoms with E-state index in [1.165, 1.54) is 51.4 Å². The molecule has 0 fully saturated rings.